The van der Waals surface area contributed by atoms with Crippen molar-refractivity contribution in [2.45, 2.75) is 12.5 Å². The van der Waals surface area contributed by atoms with Crippen molar-refractivity contribution in [2.75, 3.05) is 36.0 Å². The van der Waals surface area contributed by atoms with Crippen molar-refractivity contribution >= 4 is 17.3 Å². The van der Waals surface area contributed by atoms with Gasteiger partial charge in [0, 0.05) is 74.7 Å². The molecule has 0 aliphatic carbocycles. The van der Waals surface area contributed by atoms with Crippen LogP contribution in [0.4, 0.5) is 11.8 Å². The number of hydrogen-bond donors (Lipinski definition) is 1. The molecule has 4 aromatic heterocycles. The minimum absolute atomic E-state index is 0.650. The highest BCUT2D eigenvalue weighted by Crippen LogP contribution is 2.28. The molecule has 1 aliphatic heterocycles. The monoisotopic (exact) mass is 480 g/mol. The fourth-order valence-corrected chi connectivity index (χ4v) is 4.71. The van der Waals surface area contributed by atoms with Crippen LogP contribution < -0.4 is 15.5 Å². The summed E-state index contributed by atoms with van der Waals surface area (Å²) in [7, 11) is 1.92. The second kappa shape index (κ2) is 8.72. The van der Waals surface area contributed by atoms with Gasteiger partial charge in [0.15, 0.2) is 5.82 Å². The topological polar surface area (TPSA) is 106 Å². The van der Waals surface area contributed by atoms with Crippen molar-refractivity contribution in [3.05, 3.63) is 84.8 Å². The van der Waals surface area contributed by atoms with Gasteiger partial charge in [-0.25, -0.2) is 19.5 Å². The summed E-state index contributed by atoms with van der Waals surface area (Å²) in [5.41, 5.74) is 11.0. The molecule has 10 nitrogen and oxygen atoms in total. The van der Waals surface area contributed by atoms with E-state index in [0.29, 0.717) is 0 Å². The van der Waals surface area contributed by atoms with Crippen LogP contribution in [0, 0.1) is 0 Å². The maximum Gasteiger partial charge on any atom is 0.225 e. The predicted octanol–water partition coefficient (Wildman–Crippen LogP) is 2.47. The number of benzene rings is 1. The zero-order chi connectivity index (χ0) is 24.7. The molecule has 0 radical (unpaired) electrons. The van der Waals surface area contributed by atoms with Crippen LogP contribution >= 0.6 is 0 Å². The lowest BCUT2D eigenvalue weighted by Gasteiger charge is -2.35. The van der Waals surface area contributed by atoms with Crippen molar-refractivity contribution < 1.29 is 0 Å². The Kier molecular flexibility index (Phi) is 5.37. The van der Waals surface area contributed by atoms with Crippen LogP contribution in [0.2, 0.25) is 0 Å². The summed E-state index contributed by atoms with van der Waals surface area (Å²) in [6, 6.07) is 12.2. The van der Waals surface area contributed by atoms with Crippen molar-refractivity contribution in [3.8, 4) is 11.1 Å². The van der Waals surface area contributed by atoms with Crippen LogP contribution in [-0.4, -0.2) is 60.5 Å². The van der Waals surface area contributed by atoms with E-state index in [9.17, 15) is 0 Å². The number of rotatable bonds is 5. The summed E-state index contributed by atoms with van der Waals surface area (Å²) in [5, 5.41) is 8.70. The molecule has 0 amide bonds. The third-order valence-corrected chi connectivity index (χ3v) is 6.90. The second-order valence-electron chi connectivity index (χ2n) is 9.36. The first-order chi connectivity index (χ1) is 17.5. The van der Waals surface area contributed by atoms with Crippen molar-refractivity contribution in [1.29, 1.82) is 0 Å². The first-order valence-corrected chi connectivity index (χ1v) is 12.0. The Labute approximate surface area is 209 Å². The second-order valence-corrected chi connectivity index (χ2v) is 9.36. The van der Waals surface area contributed by atoms with Crippen LogP contribution in [-0.2, 0) is 12.6 Å². The molecule has 10 heteroatoms. The molecule has 0 saturated carbocycles. The summed E-state index contributed by atoms with van der Waals surface area (Å²) < 4.78 is 3.68. The summed E-state index contributed by atoms with van der Waals surface area (Å²) >= 11 is 0. The van der Waals surface area contributed by atoms with E-state index in [1.807, 2.05) is 79.8 Å². The molecule has 6 rings (SSSR count). The lowest BCUT2D eigenvalue weighted by atomic mass is 9.87. The highest BCUT2D eigenvalue weighted by atomic mass is 15.4. The largest absolute Gasteiger partial charge is 0.351 e. The number of aryl methyl sites for hydroxylation is 1. The van der Waals surface area contributed by atoms with Crippen LogP contribution in [0.5, 0.6) is 0 Å². The molecular weight excluding hydrogens is 452 g/mol. The van der Waals surface area contributed by atoms with Gasteiger partial charge < -0.3 is 15.5 Å². The van der Waals surface area contributed by atoms with Gasteiger partial charge in [-0.2, -0.15) is 10.2 Å². The van der Waals surface area contributed by atoms with Crippen LogP contribution in [0.15, 0.2) is 73.7 Å². The first-order valence-electron chi connectivity index (χ1n) is 12.0. The fraction of sp³-hybridized carbons (Fsp3) is 0.269. The third-order valence-electron chi connectivity index (χ3n) is 6.90. The average molecular weight is 481 g/mol. The summed E-state index contributed by atoms with van der Waals surface area (Å²) in [6.45, 7) is 5.20. The summed E-state index contributed by atoms with van der Waals surface area (Å²) in [5.74, 6) is 1.65. The van der Waals surface area contributed by atoms with Gasteiger partial charge >= 0.3 is 0 Å². The maximum absolute atomic E-state index is 6.64. The molecular formula is C26H28N10. The SMILES string of the molecule is Cn1cc(-c2cc3c(N4CCN(c5ncc([C@@](C)(N)c6ccccc6)cn5)CC4)ncnn3c2)cn1. The standard InChI is InChI=1S/C26H28N10/c1-26(27,21-6-4-3-5-7-21)22-14-28-25(29-15-22)35-10-8-34(9-11-35)24-23-12-19(17-36(23)32-18-30-24)20-13-31-33(2)16-20/h3-7,12-18H,8-11,27H2,1-2H3/t26-/m0/s1. The normalized spacial score (nSPS) is 15.9. The number of fused-ring (bicyclic) bond motifs is 1. The van der Waals surface area contributed by atoms with E-state index >= 15 is 0 Å². The molecule has 36 heavy (non-hydrogen) atoms. The Balaban J connectivity index is 1.17. The molecule has 0 bridgehead atoms. The number of piperazine rings is 1. The predicted molar refractivity (Wildman–Crippen MR) is 139 cm³/mol. The van der Waals surface area contributed by atoms with Crippen molar-refractivity contribution in [3.63, 3.8) is 0 Å². The highest BCUT2D eigenvalue weighted by Gasteiger charge is 2.26. The van der Waals surface area contributed by atoms with Gasteiger partial charge in [-0.05, 0) is 18.6 Å². The minimum Gasteiger partial charge on any atom is -0.351 e. The quantitative estimate of drug-likeness (QED) is 0.409. The Bertz CT molecular complexity index is 1480. The van der Waals surface area contributed by atoms with Crippen LogP contribution in [0.25, 0.3) is 16.6 Å². The molecule has 1 saturated heterocycles. The molecule has 2 N–H and O–H groups in total. The van der Waals surface area contributed by atoms with Crippen molar-refractivity contribution in [1.82, 2.24) is 34.3 Å². The Morgan fingerprint density at radius 1 is 0.806 bits per heavy atom. The van der Waals surface area contributed by atoms with E-state index in [2.05, 4.69) is 41.0 Å². The molecule has 1 fully saturated rings. The van der Waals surface area contributed by atoms with E-state index in [-0.39, 0.29) is 0 Å². The van der Waals surface area contributed by atoms with Crippen LogP contribution in [0.1, 0.15) is 18.1 Å². The molecule has 5 aromatic rings. The smallest absolute Gasteiger partial charge is 0.225 e. The average Bonchev–Trinajstić information content (AvgIpc) is 3.55. The van der Waals surface area contributed by atoms with E-state index in [0.717, 1.165) is 65.7 Å². The summed E-state index contributed by atoms with van der Waals surface area (Å²) in [6.07, 6.45) is 11.2. The van der Waals surface area contributed by atoms with Crippen molar-refractivity contribution in [2.24, 2.45) is 12.8 Å². The Morgan fingerprint density at radius 3 is 2.22 bits per heavy atom. The lowest BCUT2D eigenvalue weighted by molar-refractivity contribution is 0.592. The third kappa shape index (κ3) is 3.95. The number of anilines is 2. The molecule has 0 unspecified atom stereocenters. The van der Waals surface area contributed by atoms with E-state index in [4.69, 9.17) is 5.73 Å². The molecule has 1 aliphatic rings. The highest BCUT2D eigenvalue weighted by molar-refractivity contribution is 5.77. The first kappa shape index (κ1) is 22.2. The van der Waals surface area contributed by atoms with Gasteiger partial charge in [0.05, 0.1) is 11.7 Å². The molecule has 5 heterocycles. The summed E-state index contributed by atoms with van der Waals surface area (Å²) in [4.78, 5) is 18.4. The molecule has 1 aromatic carbocycles. The van der Waals surface area contributed by atoms with E-state index in [1.54, 1.807) is 11.0 Å². The van der Waals surface area contributed by atoms with Gasteiger partial charge in [-0.15, -0.1) is 0 Å². The van der Waals surface area contributed by atoms with Gasteiger partial charge in [0.25, 0.3) is 0 Å². The minimum atomic E-state index is -0.650. The number of hydrogen-bond acceptors (Lipinski definition) is 8. The van der Waals surface area contributed by atoms with Crippen LogP contribution in [0.3, 0.4) is 0 Å². The molecule has 0 spiro atoms. The Morgan fingerprint density at radius 2 is 1.53 bits per heavy atom. The van der Waals surface area contributed by atoms with Gasteiger partial charge in [-0.3, -0.25) is 4.68 Å². The number of aromatic nitrogens is 7. The zero-order valence-corrected chi connectivity index (χ0v) is 20.4. The maximum atomic E-state index is 6.64. The number of nitrogens with two attached hydrogens (primary N) is 1. The fourth-order valence-electron chi connectivity index (χ4n) is 4.71. The number of nitrogens with zero attached hydrogens (tertiary/aromatic N) is 9. The van der Waals surface area contributed by atoms with E-state index in [1.165, 1.54) is 0 Å². The van der Waals surface area contributed by atoms with Gasteiger partial charge in [0.2, 0.25) is 5.95 Å². The lowest BCUT2D eigenvalue weighted by Crippen LogP contribution is -2.47. The van der Waals surface area contributed by atoms with Gasteiger partial charge in [-0.1, -0.05) is 30.3 Å². The Hall–Kier alpha value is -4.31. The van der Waals surface area contributed by atoms with Gasteiger partial charge in [0.1, 0.15) is 11.8 Å². The molecule has 182 valence electrons. The zero-order valence-electron chi connectivity index (χ0n) is 20.4. The molecule has 1 atom stereocenters. The van der Waals surface area contributed by atoms with E-state index < -0.39 is 5.54 Å².